The van der Waals surface area contributed by atoms with Crippen LogP contribution in [0.3, 0.4) is 0 Å². The van der Waals surface area contributed by atoms with Crippen LogP contribution in [0.1, 0.15) is 48.0 Å². The molecule has 0 amide bonds. The van der Waals surface area contributed by atoms with Gasteiger partial charge in [0.2, 0.25) is 6.29 Å². The number of hydrogen-bond acceptors (Lipinski definition) is 6. The number of carbonyl (C=O) groups excluding carboxylic acids is 2. The second-order valence-electron chi connectivity index (χ2n) is 9.77. The summed E-state index contributed by atoms with van der Waals surface area (Å²) in [6.45, 7) is 11.6. The Kier molecular flexibility index (Phi) is 8.33. The van der Waals surface area contributed by atoms with E-state index >= 15 is 0 Å². The highest BCUT2D eigenvalue weighted by Gasteiger charge is 2.53. The van der Waals surface area contributed by atoms with Crippen LogP contribution in [0.4, 0.5) is 0 Å². The quantitative estimate of drug-likeness (QED) is 0.419. The van der Waals surface area contributed by atoms with Gasteiger partial charge in [0.1, 0.15) is 0 Å². The molecule has 1 saturated heterocycles. The summed E-state index contributed by atoms with van der Waals surface area (Å²) in [5.74, 6) is -1.07. The Morgan fingerprint density at radius 1 is 0.882 bits per heavy atom. The van der Waals surface area contributed by atoms with E-state index in [1.54, 1.807) is 0 Å². The van der Waals surface area contributed by atoms with E-state index < -0.39 is 32.6 Å². The van der Waals surface area contributed by atoms with Gasteiger partial charge in [-0.2, -0.15) is 0 Å². The molecule has 184 valence electrons. The monoisotopic (exact) mass is 484 g/mol. The number of ether oxygens (including phenoxy) is 3. The molecule has 0 radical (unpaired) electrons. The van der Waals surface area contributed by atoms with Crippen molar-refractivity contribution in [1.29, 1.82) is 0 Å². The summed E-state index contributed by atoms with van der Waals surface area (Å²) in [7, 11) is -2.76. The van der Waals surface area contributed by atoms with Crippen LogP contribution in [0, 0.1) is 5.92 Å². The molecule has 1 fully saturated rings. The number of rotatable bonds is 8. The van der Waals surface area contributed by atoms with Gasteiger partial charge in [0, 0.05) is 19.8 Å². The topological polar surface area (TPSA) is 71.1 Å². The minimum Gasteiger partial charge on any atom is -0.455 e. The lowest BCUT2D eigenvalue weighted by Gasteiger charge is -2.43. The summed E-state index contributed by atoms with van der Waals surface area (Å²) in [6, 6.07) is 20.8. The molecule has 4 atom stereocenters. The normalized spacial score (nSPS) is 22.9. The molecule has 6 nitrogen and oxygen atoms in total. The molecular formula is C27H36O6Si. The molecule has 0 saturated carbocycles. The maximum absolute atomic E-state index is 11.8. The zero-order valence-electron chi connectivity index (χ0n) is 20.9. The van der Waals surface area contributed by atoms with Gasteiger partial charge >= 0.3 is 11.9 Å². The summed E-state index contributed by atoms with van der Waals surface area (Å²) < 4.78 is 24.1. The fraction of sp³-hybridized carbons (Fsp3) is 0.481. The molecule has 0 bridgehead atoms. The molecule has 1 unspecified atom stereocenters. The molecule has 1 aliphatic rings. The van der Waals surface area contributed by atoms with E-state index in [1.807, 2.05) is 43.3 Å². The first-order valence-electron chi connectivity index (χ1n) is 11.8. The summed E-state index contributed by atoms with van der Waals surface area (Å²) in [6.07, 6.45) is -1.32. The van der Waals surface area contributed by atoms with Gasteiger partial charge < -0.3 is 18.6 Å². The molecule has 0 spiro atoms. The van der Waals surface area contributed by atoms with E-state index in [9.17, 15) is 9.59 Å². The second-order valence-corrected chi connectivity index (χ2v) is 14.1. The third kappa shape index (κ3) is 5.43. The molecule has 34 heavy (non-hydrogen) atoms. The van der Waals surface area contributed by atoms with Crippen LogP contribution in [0.15, 0.2) is 60.7 Å². The van der Waals surface area contributed by atoms with Gasteiger partial charge in [-0.05, 0) is 21.8 Å². The summed E-state index contributed by atoms with van der Waals surface area (Å²) in [5.41, 5.74) is 0. The molecule has 3 rings (SSSR count). The van der Waals surface area contributed by atoms with Gasteiger partial charge in [0.05, 0.1) is 12.7 Å². The zero-order valence-corrected chi connectivity index (χ0v) is 21.9. The second kappa shape index (κ2) is 10.8. The SMILES string of the molecule is CC[C@@H]1[C@@H](CO[Si](c2ccccc2)(c2ccccc2)C(C)(C)C)OC(OC(C)=O)[C@@H]1OC(C)=O. The van der Waals surface area contributed by atoms with Crippen LogP contribution in [-0.4, -0.2) is 45.4 Å². The standard InChI is InChI=1S/C27H36O6Si/c1-7-23-24(33-26(32-20(3)29)25(23)31-19(2)28)18-30-34(27(4,5)6,21-14-10-8-11-15-21)22-16-12-9-13-17-22/h8-17,23-26H,7,18H2,1-6H3/t23-,24-,25-,26?/m1/s1. The molecule has 2 aromatic rings. The van der Waals surface area contributed by atoms with Crippen molar-refractivity contribution in [2.24, 2.45) is 5.92 Å². The highest BCUT2D eigenvalue weighted by atomic mass is 28.4. The third-order valence-electron chi connectivity index (χ3n) is 6.41. The number of carbonyl (C=O) groups is 2. The van der Waals surface area contributed by atoms with Crippen LogP contribution in [0.2, 0.25) is 5.04 Å². The fourth-order valence-electron chi connectivity index (χ4n) is 4.98. The maximum Gasteiger partial charge on any atom is 0.305 e. The van der Waals surface area contributed by atoms with Crippen LogP contribution in [0.5, 0.6) is 0 Å². The Hall–Kier alpha value is -2.48. The Morgan fingerprint density at radius 2 is 1.38 bits per heavy atom. The molecule has 1 heterocycles. The van der Waals surface area contributed by atoms with Crippen LogP contribution in [-0.2, 0) is 28.2 Å². The van der Waals surface area contributed by atoms with Crippen molar-refractivity contribution in [2.75, 3.05) is 6.61 Å². The summed E-state index contributed by atoms with van der Waals surface area (Å²) in [5, 5.41) is 2.17. The van der Waals surface area contributed by atoms with E-state index in [2.05, 4.69) is 45.0 Å². The largest absolute Gasteiger partial charge is 0.455 e. The Labute approximate surface area is 203 Å². The van der Waals surface area contributed by atoms with Crippen molar-refractivity contribution in [2.45, 2.75) is 71.5 Å². The average Bonchev–Trinajstić information content (AvgIpc) is 3.09. The molecule has 0 aliphatic carbocycles. The lowest BCUT2D eigenvalue weighted by atomic mass is 9.96. The molecular weight excluding hydrogens is 448 g/mol. The molecule has 7 heteroatoms. The van der Waals surface area contributed by atoms with Crippen molar-refractivity contribution in [3.63, 3.8) is 0 Å². The van der Waals surface area contributed by atoms with Crippen molar-refractivity contribution in [3.05, 3.63) is 60.7 Å². The molecule has 1 aliphatic heterocycles. The Bertz CT molecular complexity index is 917. The Balaban J connectivity index is 1.99. The summed E-state index contributed by atoms with van der Waals surface area (Å²) in [4.78, 5) is 23.5. The van der Waals surface area contributed by atoms with Gasteiger partial charge in [-0.1, -0.05) is 88.4 Å². The minimum atomic E-state index is -2.76. The number of benzene rings is 2. The van der Waals surface area contributed by atoms with Crippen molar-refractivity contribution >= 4 is 30.6 Å². The van der Waals surface area contributed by atoms with Crippen molar-refractivity contribution in [1.82, 2.24) is 0 Å². The highest BCUT2D eigenvalue weighted by Crippen LogP contribution is 2.39. The van der Waals surface area contributed by atoms with Gasteiger partial charge in [0.25, 0.3) is 8.32 Å². The predicted molar refractivity (Wildman–Crippen MR) is 133 cm³/mol. The van der Waals surface area contributed by atoms with E-state index in [1.165, 1.54) is 24.2 Å². The molecule has 0 N–H and O–H groups in total. The zero-order chi connectivity index (χ0) is 24.9. The summed E-state index contributed by atoms with van der Waals surface area (Å²) >= 11 is 0. The van der Waals surface area contributed by atoms with Gasteiger partial charge in [0.15, 0.2) is 6.10 Å². The first-order valence-corrected chi connectivity index (χ1v) is 13.8. The van der Waals surface area contributed by atoms with E-state index in [-0.39, 0.29) is 17.1 Å². The first kappa shape index (κ1) is 26.1. The molecule has 0 aromatic heterocycles. The lowest BCUT2D eigenvalue weighted by Crippen LogP contribution is -2.67. The molecule has 2 aromatic carbocycles. The number of esters is 2. The van der Waals surface area contributed by atoms with E-state index in [0.717, 1.165) is 0 Å². The first-order chi connectivity index (χ1) is 16.1. The van der Waals surface area contributed by atoms with Gasteiger partial charge in [-0.25, -0.2) is 0 Å². The fourth-order valence-corrected chi connectivity index (χ4v) is 9.55. The third-order valence-corrected chi connectivity index (χ3v) is 11.4. The van der Waals surface area contributed by atoms with Gasteiger partial charge in [-0.3, -0.25) is 9.59 Å². The Morgan fingerprint density at radius 3 is 1.79 bits per heavy atom. The maximum atomic E-state index is 11.8. The lowest BCUT2D eigenvalue weighted by molar-refractivity contribution is -0.195. The van der Waals surface area contributed by atoms with E-state index in [4.69, 9.17) is 18.6 Å². The average molecular weight is 485 g/mol. The van der Waals surface area contributed by atoms with Crippen LogP contribution in [0.25, 0.3) is 0 Å². The van der Waals surface area contributed by atoms with Crippen LogP contribution >= 0.6 is 0 Å². The predicted octanol–water partition coefficient (Wildman–Crippen LogP) is 3.81. The van der Waals surface area contributed by atoms with Gasteiger partial charge in [-0.15, -0.1) is 0 Å². The highest BCUT2D eigenvalue weighted by molar-refractivity contribution is 6.99. The van der Waals surface area contributed by atoms with Crippen molar-refractivity contribution in [3.8, 4) is 0 Å². The van der Waals surface area contributed by atoms with Crippen molar-refractivity contribution < 1.29 is 28.2 Å². The smallest absolute Gasteiger partial charge is 0.305 e. The van der Waals surface area contributed by atoms with E-state index in [0.29, 0.717) is 13.0 Å². The van der Waals surface area contributed by atoms with Crippen LogP contribution < -0.4 is 10.4 Å². The minimum absolute atomic E-state index is 0.161. The number of hydrogen-bond donors (Lipinski definition) is 0.